The summed E-state index contributed by atoms with van der Waals surface area (Å²) in [5.41, 5.74) is -9.17. The van der Waals surface area contributed by atoms with E-state index in [4.69, 9.17) is 19.2 Å². The SMILES string of the molecule is CCC(C)(I)C(=O)OC1(C)CC2(C(C)(C)O)CC(C(C)(C)OOC(C)(C)C34CCCC(C(C)(C)O)(C3)C[C@](C)(OC(=O)C(C)(I)CC)C4)CC(C(C)(C)O)(C1)C2. The van der Waals surface area contributed by atoms with Gasteiger partial charge in [0, 0.05) is 21.7 Å². The molecule has 4 aliphatic carbocycles. The summed E-state index contributed by atoms with van der Waals surface area (Å²) in [6.07, 6.45) is 8.36. The smallest absolute Gasteiger partial charge is 0.322 e. The molecule has 4 saturated carbocycles. The Balaban J connectivity index is 1.70. The van der Waals surface area contributed by atoms with Crippen molar-refractivity contribution in [2.45, 2.75) is 240 Å². The highest BCUT2D eigenvalue weighted by molar-refractivity contribution is 14.1. The number of hydrogen-bond acceptors (Lipinski definition) is 9. The van der Waals surface area contributed by atoms with E-state index in [-0.39, 0.29) is 17.9 Å². The van der Waals surface area contributed by atoms with Crippen LogP contribution in [0, 0.1) is 27.6 Å². The van der Waals surface area contributed by atoms with Gasteiger partial charge in [-0.2, -0.15) is 0 Å². The predicted octanol–water partition coefficient (Wildman–Crippen LogP) is 10.5. The van der Waals surface area contributed by atoms with Gasteiger partial charge in [0.15, 0.2) is 0 Å². The van der Waals surface area contributed by atoms with E-state index < -0.39 is 67.7 Å². The Morgan fingerprint density at radius 2 is 0.911 bits per heavy atom. The number of esters is 2. The van der Waals surface area contributed by atoms with Crippen LogP contribution in [0.1, 0.15) is 194 Å². The normalized spacial score (nSPS) is 37.9. The van der Waals surface area contributed by atoms with Crippen LogP contribution in [0.25, 0.3) is 0 Å². The molecule has 11 heteroatoms. The van der Waals surface area contributed by atoms with Gasteiger partial charge in [-0.15, -0.1) is 0 Å². The summed E-state index contributed by atoms with van der Waals surface area (Å²) < 4.78 is 11.6. The fourth-order valence-electron chi connectivity index (χ4n) is 11.7. The minimum absolute atomic E-state index is 0.136. The highest BCUT2D eigenvalue weighted by Gasteiger charge is 2.69. The summed E-state index contributed by atoms with van der Waals surface area (Å²) in [5, 5.41) is 36.1. The van der Waals surface area contributed by atoms with Gasteiger partial charge in [0.2, 0.25) is 0 Å². The van der Waals surface area contributed by atoms with Crippen molar-refractivity contribution >= 4 is 57.1 Å². The number of halogens is 2. The van der Waals surface area contributed by atoms with Gasteiger partial charge < -0.3 is 24.8 Å². The molecule has 0 amide bonds. The van der Waals surface area contributed by atoms with Crippen LogP contribution in [0.15, 0.2) is 0 Å². The second-order valence-corrected chi connectivity index (χ2v) is 27.6. The van der Waals surface area contributed by atoms with E-state index in [9.17, 15) is 24.9 Å². The third-order valence-electron chi connectivity index (χ3n) is 16.3. The van der Waals surface area contributed by atoms with E-state index in [2.05, 4.69) is 59.0 Å². The number of rotatable bonds is 14. The molecule has 0 heterocycles. The van der Waals surface area contributed by atoms with Gasteiger partial charge in [0.05, 0.1) is 16.8 Å². The van der Waals surface area contributed by atoms with Crippen molar-refractivity contribution in [3.05, 3.63) is 0 Å². The molecule has 9 nitrogen and oxygen atoms in total. The first-order valence-electron chi connectivity index (χ1n) is 21.2. The Morgan fingerprint density at radius 3 is 1.29 bits per heavy atom. The van der Waals surface area contributed by atoms with Crippen LogP contribution in [-0.2, 0) is 28.8 Å². The molecule has 0 aromatic rings. The Morgan fingerprint density at radius 1 is 0.571 bits per heavy atom. The number of aliphatic hydroxyl groups is 3. The third kappa shape index (κ3) is 8.91. The first-order chi connectivity index (χ1) is 24.8. The van der Waals surface area contributed by atoms with Gasteiger partial charge >= 0.3 is 11.9 Å². The van der Waals surface area contributed by atoms with E-state index in [0.29, 0.717) is 64.2 Å². The highest BCUT2D eigenvalue weighted by atomic mass is 127. The van der Waals surface area contributed by atoms with Crippen LogP contribution in [-0.4, -0.2) is 73.3 Å². The van der Waals surface area contributed by atoms with Crippen molar-refractivity contribution in [2.75, 3.05) is 0 Å². The second-order valence-electron chi connectivity index (χ2n) is 22.9. The zero-order valence-electron chi connectivity index (χ0n) is 37.8. The molecule has 56 heavy (non-hydrogen) atoms. The maximum Gasteiger partial charge on any atom is 0.322 e. The molecule has 0 radical (unpaired) electrons. The van der Waals surface area contributed by atoms with Gasteiger partial charge in [0.1, 0.15) is 29.2 Å². The molecule has 4 rings (SSSR count). The minimum atomic E-state index is -1.16. The number of ether oxygens (including phenoxy) is 2. The number of hydrogen-bond donors (Lipinski definition) is 3. The number of fused-ring (bicyclic) bond motifs is 4. The molecule has 4 fully saturated rings. The largest absolute Gasteiger partial charge is 0.458 e. The minimum Gasteiger partial charge on any atom is -0.458 e. The first-order valence-corrected chi connectivity index (χ1v) is 23.4. The van der Waals surface area contributed by atoms with Gasteiger partial charge in [0.25, 0.3) is 0 Å². The predicted molar refractivity (Wildman–Crippen MR) is 238 cm³/mol. The summed E-state index contributed by atoms with van der Waals surface area (Å²) in [6, 6.07) is 0. The quantitative estimate of drug-likeness (QED) is 0.0512. The standard InChI is InChI=1S/C45H78I2O9/c1-17-40(15,46)31(48)53-38(13)24-42(34(5,6)50)20-19-21-43(25-38,28-42)37(11,12)56-55-33(3,4)30-22-44(35(7,8)51)26-39(14,54-32(49)41(16,47)18-2)27-45(23-30,29-44)36(9,10)52/h30,50-52H,17-29H2,1-16H3/t30?,38-,39?,40?,41?,42?,43?,44?,45?/m0/s1. The highest BCUT2D eigenvalue weighted by Crippen LogP contribution is 2.70. The summed E-state index contributed by atoms with van der Waals surface area (Å²) in [7, 11) is 0. The average Bonchev–Trinajstić information content (AvgIpc) is 3.01. The zero-order valence-corrected chi connectivity index (χ0v) is 42.1. The van der Waals surface area contributed by atoms with E-state index in [1.165, 1.54) is 0 Å². The molecule has 0 aromatic carbocycles. The molecular formula is C45H78I2O9. The molecule has 0 aromatic heterocycles. The van der Waals surface area contributed by atoms with Gasteiger partial charge in [-0.1, -0.05) is 65.5 Å². The van der Waals surface area contributed by atoms with E-state index >= 15 is 0 Å². The van der Waals surface area contributed by atoms with Crippen molar-refractivity contribution in [2.24, 2.45) is 27.6 Å². The second kappa shape index (κ2) is 14.9. The maximum absolute atomic E-state index is 13.6. The van der Waals surface area contributed by atoms with Gasteiger partial charge in [-0.05, 0) is 180 Å². The first kappa shape index (κ1) is 48.9. The van der Waals surface area contributed by atoms with Crippen LogP contribution < -0.4 is 0 Å². The van der Waals surface area contributed by atoms with Crippen LogP contribution in [0.5, 0.6) is 0 Å². The molecule has 0 saturated heterocycles. The summed E-state index contributed by atoms with van der Waals surface area (Å²) in [5.74, 6) is -0.638. The molecule has 7 atom stereocenters. The molecule has 4 bridgehead atoms. The molecule has 0 spiro atoms. The Bertz CT molecular complexity index is 1450. The zero-order chi connectivity index (χ0) is 43.3. The topological polar surface area (TPSA) is 132 Å². The summed E-state index contributed by atoms with van der Waals surface area (Å²) in [6.45, 7) is 31.2. The third-order valence-corrected chi connectivity index (χ3v) is 18.7. The van der Waals surface area contributed by atoms with Crippen LogP contribution in [0.2, 0.25) is 0 Å². The molecule has 3 N–H and O–H groups in total. The van der Waals surface area contributed by atoms with E-state index in [1.807, 2.05) is 96.9 Å². The van der Waals surface area contributed by atoms with Crippen LogP contribution in [0.3, 0.4) is 0 Å². The Kier molecular flexibility index (Phi) is 13.0. The lowest BCUT2D eigenvalue weighted by atomic mass is 9.41. The fraction of sp³-hybridized carbons (Fsp3) is 0.956. The van der Waals surface area contributed by atoms with Gasteiger partial charge in [-0.3, -0.25) is 9.59 Å². The summed E-state index contributed by atoms with van der Waals surface area (Å²) >= 11 is 4.37. The fourth-order valence-corrected chi connectivity index (χ4v) is 12.0. The van der Waals surface area contributed by atoms with E-state index in [0.717, 1.165) is 19.3 Å². The van der Waals surface area contributed by atoms with Crippen molar-refractivity contribution in [1.29, 1.82) is 0 Å². The van der Waals surface area contributed by atoms with Crippen LogP contribution >= 0.6 is 45.2 Å². The maximum atomic E-state index is 13.6. The molecule has 6 unspecified atom stereocenters. The van der Waals surface area contributed by atoms with Crippen molar-refractivity contribution in [3.8, 4) is 0 Å². The lowest BCUT2D eigenvalue weighted by molar-refractivity contribution is -0.441. The molecule has 0 aliphatic heterocycles. The monoisotopic (exact) mass is 1020 g/mol. The number of carbonyl (C=O) groups is 2. The average molecular weight is 1020 g/mol. The van der Waals surface area contributed by atoms with Crippen LogP contribution in [0.4, 0.5) is 0 Å². The van der Waals surface area contributed by atoms with Crippen molar-refractivity contribution in [1.82, 2.24) is 0 Å². The van der Waals surface area contributed by atoms with Gasteiger partial charge in [-0.25, -0.2) is 9.78 Å². The Hall–Kier alpha value is 0.200. The van der Waals surface area contributed by atoms with Crippen molar-refractivity contribution in [3.63, 3.8) is 0 Å². The van der Waals surface area contributed by atoms with Crippen molar-refractivity contribution < 1.29 is 44.2 Å². The molecule has 326 valence electrons. The molecular weight excluding hydrogens is 938 g/mol. The number of carbonyl (C=O) groups excluding carboxylic acids is 2. The van der Waals surface area contributed by atoms with E-state index in [1.54, 1.807) is 0 Å². The lowest BCUT2D eigenvalue weighted by Gasteiger charge is -2.67. The lowest BCUT2D eigenvalue weighted by Crippen LogP contribution is -2.67. The molecule has 4 aliphatic rings. The number of alkyl halides is 2. The Labute approximate surface area is 366 Å². The summed E-state index contributed by atoms with van der Waals surface area (Å²) in [4.78, 5) is 40.8.